The van der Waals surface area contributed by atoms with E-state index in [1.54, 1.807) is 24.3 Å². The van der Waals surface area contributed by atoms with Gasteiger partial charge in [0.15, 0.2) is 5.75 Å². The zero-order valence-electron chi connectivity index (χ0n) is 19.2. The summed E-state index contributed by atoms with van der Waals surface area (Å²) in [5.41, 5.74) is 3.65. The second-order valence-electron chi connectivity index (χ2n) is 7.79. The highest BCUT2D eigenvalue weighted by Gasteiger charge is 2.34. The molecule has 0 aromatic heterocycles. The van der Waals surface area contributed by atoms with Crippen molar-refractivity contribution in [3.8, 4) is 11.5 Å². The van der Waals surface area contributed by atoms with Crippen LogP contribution in [0, 0.1) is 0 Å². The number of nitrogens with zero attached hydrogens (tertiary/aromatic N) is 2. The number of alkyl halides is 3. The summed E-state index contributed by atoms with van der Waals surface area (Å²) >= 11 is 0. The zero-order chi connectivity index (χ0) is 26.7. The van der Waals surface area contributed by atoms with Crippen molar-refractivity contribution >= 4 is 39.6 Å². The molecule has 4 aromatic carbocycles. The van der Waals surface area contributed by atoms with Crippen molar-refractivity contribution in [2.24, 2.45) is 16.0 Å². The number of fused-ring (bicyclic) bond motifs is 1. The Labute approximate surface area is 208 Å². The number of aromatic hydroxyl groups is 1. The van der Waals surface area contributed by atoms with Crippen molar-refractivity contribution in [2.75, 3.05) is 12.4 Å². The first-order valence-corrected chi connectivity index (χ1v) is 10.7. The van der Waals surface area contributed by atoms with Crippen LogP contribution in [0.1, 0.15) is 26.3 Å². The van der Waals surface area contributed by atoms with Crippen molar-refractivity contribution in [1.82, 2.24) is 0 Å². The Morgan fingerprint density at radius 2 is 1.68 bits per heavy atom. The molecule has 0 aliphatic rings. The maximum Gasteiger partial charge on any atom is 0.418 e. The fourth-order valence-electron chi connectivity index (χ4n) is 3.65. The van der Waals surface area contributed by atoms with E-state index < -0.39 is 35.0 Å². The number of ether oxygens (including phenoxy) is 1. The maximum absolute atomic E-state index is 13.4. The zero-order valence-corrected chi connectivity index (χ0v) is 19.2. The Morgan fingerprint density at radius 3 is 2.38 bits per heavy atom. The van der Waals surface area contributed by atoms with Crippen LogP contribution >= 0.6 is 0 Å². The molecule has 0 radical (unpaired) electrons. The van der Waals surface area contributed by atoms with E-state index in [-0.39, 0.29) is 28.3 Å². The number of anilines is 1. The second kappa shape index (κ2) is 9.97. The second-order valence-corrected chi connectivity index (χ2v) is 7.79. The Hall–Kier alpha value is -4.93. The molecule has 0 spiro atoms. The third kappa shape index (κ3) is 5.20. The Bertz CT molecular complexity index is 1550. The molecule has 0 unspecified atom stereocenters. The van der Waals surface area contributed by atoms with Gasteiger partial charge in [0.25, 0.3) is 5.91 Å². The van der Waals surface area contributed by atoms with Gasteiger partial charge in [0, 0.05) is 10.9 Å². The minimum atomic E-state index is -4.70. The number of para-hydroxylation sites is 1. The monoisotopic (exact) mass is 508 g/mol. The third-order valence-electron chi connectivity index (χ3n) is 5.44. The molecule has 0 saturated carbocycles. The number of methoxy groups -OCH3 is 1. The number of halogens is 3. The molecule has 0 bridgehead atoms. The van der Waals surface area contributed by atoms with Gasteiger partial charge in [-0.2, -0.15) is 13.2 Å². The Balaban J connectivity index is 1.81. The minimum absolute atomic E-state index is 0.112. The maximum atomic E-state index is 13.4. The lowest BCUT2D eigenvalue weighted by Crippen LogP contribution is -2.16. The summed E-state index contributed by atoms with van der Waals surface area (Å²) in [5, 5.41) is 22.3. The normalized spacial score (nSPS) is 11.6. The van der Waals surface area contributed by atoms with Crippen molar-refractivity contribution in [2.45, 2.75) is 6.18 Å². The quantitative estimate of drug-likeness (QED) is 0.263. The van der Waals surface area contributed by atoms with E-state index in [0.717, 1.165) is 12.1 Å². The van der Waals surface area contributed by atoms with Gasteiger partial charge in [0.2, 0.25) is 5.91 Å². The fraction of sp³-hybridized carbons (Fsp3) is 0.0769. The molecule has 0 saturated heterocycles. The number of rotatable bonds is 6. The van der Waals surface area contributed by atoms with Crippen molar-refractivity contribution in [3.63, 3.8) is 0 Å². The van der Waals surface area contributed by atoms with Gasteiger partial charge in [-0.15, -0.1) is 10.2 Å². The van der Waals surface area contributed by atoms with Crippen LogP contribution < -0.4 is 15.8 Å². The molecule has 4 rings (SSSR count). The fourth-order valence-corrected chi connectivity index (χ4v) is 3.65. The summed E-state index contributed by atoms with van der Waals surface area (Å²) in [4.78, 5) is 24.6. The number of phenolic OH excluding ortho intramolecular Hbond substituents is 1. The molecule has 2 amide bonds. The highest BCUT2D eigenvalue weighted by Crippen LogP contribution is 2.41. The molecule has 0 fully saturated rings. The van der Waals surface area contributed by atoms with Gasteiger partial charge in [0.05, 0.1) is 23.9 Å². The van der Waals surface area contributed by atoms with Crippen LogP contribution in [0.4, 0.5) is 30.2 Å². The summed E-state index contributed by atoms with van der Waals surface area (Å²) in [6.45, 7) is 0. The Morgan fingerprint density at radius 1 is 0.973 bits per heavy atom. The SMILES string of the molecule is COc1ccc(C(N)=O)cc1N=Nc1c(O)c(C(=O)Nc2ccccc2C(F)(F)F)cc2ccccc12. The molecule has 0 heterocycles. The number of carbonyl (C=O) groups excluding carboxylic acids is 2. The van der Waals surface area contributed by atoms with Gasteiger partial charge in [-0.25, -0.2) is 0 Å². The molecule has 4 aromatic rings. The standard InChI is InChI=1S/C26H19F3N4O4/c1-37-21-11-10-15(24(30)35)13-20(21)32-33-22-16-7-3-2-6-14(16)12-17(23(22)34)25(36)31-19-9-5-4-8-18(19)26(27,28)29/h2-13,34H,1H3,(H2,30,35)(H,31,36). The number of hydrogen-bond donors (Lipinski definition) is 3. The highest BCUT2D eigenvalue weighted by atomic mass is 19.4. The van der Waals surface area contributed by atoms with Crippen LogP contribution in [0.5, 0.6) is 11.5 Å². The molecular weight excluding hydrogens is 489 g/mol. The molecule has 0 aliphatic carbocycles. The largest absolute Gasteiger partial charge is 0.505 e. The molecule has 4 N–H and O–H groups in total. The number of phenols is 1. The molecule has 8 nitrogen and oxygen atoms in total. The number of nitrogens with one attached hydrogen (secondary N) is 1. The molecule has 37 heavy (non-hydrogen) atoms. The van der Waals surface area contributed by atoms with Crippen molar-refractivity contribution < 1.29 is 32.6 Å². The number of benzene rings is 4. The number of hydrogen-bond acceptors (Lipinski definition) is 6. The van der Waals surface area contributed by atoms with Gasteiger partial charge in [-0.05, 0) is 41.8 Å². The van der Waals surface area contributed by atoms with E-state index in [2.05, 4.69) is 15.5 Å². The van der Waals surface area contributed by atoms with Crippen LogP contribution in [0.3, 0.4) is 0 Å². The molecule has 11 heteroatoms. The average Bonchev–Trinajstić information content (AvgIpc) is 2.87. The summed E-state index contributed by atoms with van der Waals surface area (Å²) in [6, 6.07) is 16.7. The number of primary amides is 1. The first kappa shape index (κ1) is 25.2. The number of azo groups is 1. The molecule has 0 aliphatic heterocycles. The van der Waals surface area contributed by atoms with Gasteiger partial charge in [-0.1, -0.05) is 36.4 Å². The lowest BCUT2D eigenvalue weighted by Gasteiger charge is -2.15. The van der Waals surface area contributed by atoms with Crippen LogP contribution in [0.25, 0.3) is 10.8 Å². The first-order valence-electron chi connectivity index (χ1n) is 10.7. The van der Waals surface area contributed by atoms with Crippen molar-refractivity contribution in [1.29, 1.82) is 0 Å². The lowest BCUT2D eigenvalue weighted by atomic mass is 10.0. The van der Waals surface area contributed by atoms with Crippen LogP contribution in [0.2, 0.25) is 0 Å². The number of nitrogens with two attached hydrogens (primary N) is 1. The summed E-state index contributed by atoms with van der Waals surface area (Å²) < 4.78 is 45.4. The smallest absolute Gasteiger partial charge is 0.418 e. The van der Waals surface area contributed by atoms with Crippen LogP contribution in [0.15, 0.2) is 83.0 Å². The van der Waals surface area contributed by atoms with Crippen LogP contribution in [-0.4, -0.2) is 24.0 Å². The van der Waals surface area contributed by atoms with E-state index >= 15 is 0 Å². The first-order chi connectivity index (χ1) is 17.6. The van der Waals surface area contributed by atoms with E-state index in [1.165, 1.54) is 43.5 Å². The van der Waals surface area contributed by atoms with E-state index in [9.17, 15) is 27.9 Å². The predicted octanol–water partition coefficient (Wildman–Crippen LogP) is 6.34. The van der Waals surface area contributed by atoms with Gasteiger partial charge in [0.1, 0.15) is 17.1 Å². The number of carbonyl (C=O) groups is 2. The van der Waals surface area contributed by atoms with Crippen molar-refractivity contribution in [3.05, 3.63) is 89.5 Å². The summed E-state index contributed by atoms with van der Waals surface area (Å²) in [6.07, 6.45) is -4.70. The molecule has 0 atom stereocenters. The number of amides is 2. The summed E-state index contributed by atoms with van der Waals surface area (Å²) in [7, 11) is 1.38. The average molecular weight is 508 g/mol. The van der Waals surface area contributed by atoms with E-state index in [0.29, 0.717) is 10.8 Å². The highest BCUT2D eigenvalue weighted by molar-refractivity contribution is 6.12. The predicted molar refractivity (Wildman–Crippen MR) is 131 cm³/mol. The topological polar surface area (TPSA) is 126 Å². The lowest BCUT2D eigenvalue weighted by molar-refractivity contribution is -0.136. The van der Waals surface area contributed by atoms with E-state index in [1.807, 2.05) is 0 Å². The van der Waals surface area contributed by atoms with Crippen LogP contribution in [-0.2, 0) is 6.18 Å². The van der Waals surface area contributed by atoms with Gasteiger partial charge in [-0.3, -0.25) is 9.59 Å². The Kier molecular flexibility index (Phi) is 6.79. The summed E-state index contributed by atoms with van der Waals surface area (Å²) in [5.74, 6) is -2.03. The van der Waals surface area contributed by atoms with E-state index in [4.69, 9.17) is 10.5 Å². The third-order valence-corrected chi connectivity index (χ3v) is 5.44. The molecular formula is C26H19F3N4O4. The van der Waals surface area contributed by atoms with Gasteiger partial charge >= 0.3 is 6.18 Å². The van der Waals surface area contributed by atoms with Gasteiger partial charge < -0.3 is 20.9 Å². The molecule has 188 valence electrons. The minimum Gasteiger partial charge on any atom is -0.505 e.